The molecule has 0 aliphatic rings. The number of hydrogen-bond acceptors (Lipinski definition) is 2. The molecule has 0 rings (SSSR count). The van der Waals surface area contributed by atoms with Crippen LogP contribution < -0.4 is 0 Å². The molecule has 0 aromatic carbocycles. The van der Waals surface area contributed by atoms with Gasteiger partial charge in [0, 0.05) is 6.42 Å². The molecule has 0 spiro atoms. The Morgan fingerprint density at radius 1 is 0.708 bits per heavy atom. The Hall–Kier alpha value is -1.57. The second-order valence-corrected chi connectivity index (χ2v) is 5.84. The lowest BCUT2D eigenvalue weighted by Gasteiger charge is -1.97. The van der Waals surface area contributed by atoms with Crippen LogP contribution in [0.15, 0.2) is 48.6 Å². The molecule has 0 N–H and O–H groups in total. The number of hydrogen-bond donors (Lipinski definition) is 0. The van der Waals surface area contributed by atoms with Gasteiger partial charge >= 0.3 is 5.97 Å². The van der Waals surface area contributed by atoms with Gasteiger partial charge in [0.1, 0.15) is 0 Å². The van der Waals surface area contributed by atoms with E-state index in [4.69, 9.17) is 4.74 Å². The highest BCUT2D eigenvalue weighted by Crippen LogP contribution is 2.04. The summed E-state index contributed by atoms with van der Waals surface area (Å²) in [6.07, 6.45) is 28.3. The molecule has 24 heavy (non-hydrogen) atoms. The van der Waals surface area contributed by atoms with Gasteiger partial charge in [-0.1, -0.05) is 68.4 Å². The molecule has 0 saturated heterocycles. The summed E-state index contributed by atoms with van der Waals surface area (Å²) < 4.78 is 4.86. The smallest absolute Gasteiger partial charge is 0.306 e. The molecular formula is C22H36O2. The Bertz CT molecular complexity index is 389. The van der Waals surface area contributed by atoms with Crippen LogP contribution in [0, 0.1) is 0 Å². The third-order valence-electron chi connectivity index (χ3n) is 3.56. The largest absolute Gasteiger partial charge is 0.466 e. The van der Waals surface area contributed by atoms with Crippen molar-refractivity contribution in [1.82, 2.24) is 0 Å². The zero-order valence-corrected chi connectivity index (χ0v) is 15.7. The zero-order valence-electron chi connectivity index (χ0n) is 15.7. The van der Waals surface area contributed by atoms with Crippen molar-refractivity contribution in [3.63, 3.8) is 0 Å². The number of allylic oxidation sites excluding steroid dienone is 8. The van der Waals surface area contributed by atoms with Gasteiger partial charge in [-0.2, -0.15) is 0 Å². The number of ether oxygens (including phenoxy) is 1. The fourth-order valence-electron chi connectivity index (χ4n) is 2.18. The summed E-state index contributed by atoms with van der Waals surface area (Å²) in [5.74, 6) is -0.123. The predicted molar refractivity (Wildman–Crippen MR) is 105 cm³/mol. The number of esters is 1. The van der Waals surface area contributed by atoms with Crippen LogP contribution in [0.2, 0.25) is 0 Å². The predicted octanol–water partition coefficient (Wildman–Crippen LogP) is 6.70. The highest BCUT2D eigenvalue weighted by molar-refractivity contribution is 5.69. The lowest BCUT2D eigenvalue weighted by molar-refractivity contribution is -0.142. The van der Waals surface area contributed by atoms with Gasteiger partial charge in [0.15, 0.2) is 0 Å². The Morgan fingerprint density at radius 3 is 1.83 bits per heavy atom. The molecule has 0 bridgehead atoms. The van der Waals surface area contributed by atoms with E-state index < -0.39 is 0 Å². The Kier molecular flexibility index (Phi) is 18.2. The van der Waals surface area contributed by atoms with E-state index in [2.05, 4.69) is 31.2 Å². The van der Waals surface area contributed by atoms with E-state index in [0.717, 1.165) is 12.8 Å². The molecule has 2 nitrogen and oxygen atoms in total. The molecular weight excluding hydrogens is 296 g/mol. The Morgan fingerprint density at radius 2 is 1.25 bits per heavy atom. The van der Waals surface area contributed by atoms with E-state index >= 15 is 0 Å². The molecule has 0 atom stereocenters. The molecule has 0 heterocycles. The van der Waals surface area contributed by atoms with E-state index in [1.807, 2.05) is 31.2 Å². The zero-order chi connectivity index (χ0) is 17.7. The van der Waals surface area contributed by atoms with E-state index in [1.54, 1.807) is 0 Å². The van der Waals surface area contributed by atoms with E-state index in [0.29, 0.717) is 13.0 Å². The fourth-order valence-corrected chi connectivity index (χ4v) is 2.18. The van der Waals surface area contributed by atoms with Crippen molar-refractivity contribution < 1.29 is 9.53 Å². The first-order chi connectivity index (χ1) is 11.8. The van der Waals surface area contributed by atoms with Crippen LogP contribution in [0.1, 0.15) is 78.1 Å². The molecule has 0 saturated carbocycles. The maximum absolute atomic E-state index is 11.1. The quantitative estimate of drug-likeness (QED) is 0.144. The summed E-state index contributed by atoms with van der Waals surface area (Å²) in [6.45, 7) is 4.53. The SMILES string of the molecule is CCCCC/C=C/CCCC/C=C/C=C/C=C/CCC(=O)OCC. The molecule has 0 aliphatic heterocycles. The van der Waals surface area contributed by atoms with Crippen LogP contribution in [-0.4, -0.2) is 12.6 Å². The van der Waals surface area contributed by atoms with Gasteiger partial charge < -0.3 is 4.74 Å². The van der Waals surface area contributed by atoms with Crippen molar-refractivity contribution >= 4 is 5.97 Å². The molecule has 0 unspecified atom stereocenters. The van der Waals surface area contributed by atoms with Crippen LogP contribution in [0.3, 0.4) is 0 Å². The molecule has 0 amide bonds. The minimum absolute atomic E-state index is 0.123. The molecule has 0 fully saturated rings. The topological polar surface area (TPSA) is 26.3 Å². The lowest BCUT2D eigenvalue weighted by atomic mass is 10.1. The van der Waals surface area contributed by atoms with Crippen LogP contribution in [0.5, 0.6) is 0 Å². The van der Waals surface area contributed by atoms with E-state index in [9.17, 15) is 4.79 Å². The lowest BCUT2D eigenvalue weighted by Crippen LogP contribution is -2.02. The molecule has 0 aromatic rings. The molecule has 2 heteroatoms. The summed E-state index contributed by atoms with van der Waals surface area (Å²) in [7, 11) is 0. The van der Waals surface area contributed by atoms with Gasteiger partial charge in [-0.25, -0.2) is 0 Å². The first-order valence-electron chi connectivity index (χ1n) is 9.60. The summed E-state index contributed by atoms with van der Waals surface area (Å²) >= 11 is 0. The summed E-state index contributed by atoms with van der Waals surface area (Å²) in [5, 5.41) is 0. The minimum atomic E-state index is -0.123. The average Bonchev–Trinajstić information content (AvgIpc) is 2.58. The van der Waals surface area contributed by atoms with Gasteiger partial charge in [0.2, 0.25) is 0 Å². The van der Waals surface area contributed by atoms with Gasteiger partial charge in [-0.05, 0) is 51.9 Å². The van der Waals surface area contributed by atoms with Gasteiger partial charge in [0.25, 0.3) is 0 Å². The highest BCUT2D eigenvalue weighted by atomic mass is 16.5. The van der Waals surface area contributed by atoms with Crippen molar-refractivity contribution in [2.24, 2.45) is 0 Å². The summed E-state index contributed by atoms with van der Waals surface area (Å²) in [6, 6.07) is 0. The monoisotopic (exact) mass is 332 g/mol. The first kappa shape index (κ1) is 22.4. The maximum atomic E-state index is 11.1. The minimum Gasteiger partial charge on any atom is -0.466 e. The first-order valence-corrected chi connectivity index (χ1v) is 9.60. The number of rotatable bonds is 15. The third-order valence-corrected chi connectivity index (χ3v) is 3.56. The highest BCUT2D eigenvalue weighted by Gasteiger charge is 1.97. The van der Waals surface area contributed by atoms with Crippen molar-refractivity contribution in [3.05, 3.63) is 48.6 Å². The van der Waals surface area contributed by atoms with Gasteiger partial charge in [-0.3, -0.25) is 4.79 Å². The van der Waals surface area contributed by atoms with Crippen LogP contribution in [-0.2, 0) is 9.53 Å². The maximum Gasteiger partial charge on any atom is 0.306 e. The van der Waals surface area contributed by atoms with Crippen LogP contribution >= 0.6 is 0 Å². The molecule has 0 aliphatic carbocycles. The molecule has 0 aromatic heterocycles. The Labute approximate surface area is 149 Å². The number of unbranched alkanes of at least 4 members (excludes halogenated alkanes) is 6. The molecule has 136 valence electrons. The van der Waals surface area contributed by atoms with E-state index in [-0.39, 0.29) is 5.97 Å². The second kappa shape index (κ2) is 19.5. The number of carbonyl (C=O) groups excluding carboxylic acids is 1. The third kappa shape index (κ3) is 18.5. The van der Waals surface area contributed by atoms with Crippen LogP contribution in [0.4, 0.5) is 0 Å². The van der Waals surface area contributed by atoms with Gasteiger partial charge in [0.05, 0.1) is 6.61 Å². The van der Waals surface area contributed by atoms with Crippen molar-refractivity contribution in [2.45, 2.75) is 78.1 Å². The van der Waals surface area contributed by atoms with Gasteiger partial charge in [-0.15, -0.1) is 0 Å². The van der Waals surface area contributed by atoms with E-state index in [1.165, 1.54) is 44.9 Å². The number of carbonyl (C=O) groups is 1. The summed E-state index contributed by atoms with van der Waals surface area (Å²) in [4.78, 5) is 11.1. The normalized spacial score (nSPS) is 12.2. The molecule has 0 radical (unpaired) electrons. The summed E-state index contributed by atoms with van der Waals surface area (Å²) in [5.41, 5.74) is 0. The van der Waals surface area contributed by atoms with Crippen LogP contribution in [0.25, 0.3) is 0 Å². The van der Waals surface area contributed by atoms with Crippen molar-refractivity contribution in [2.75, 3.05) is 6.61 Å². The Balaban J connectivity index is 3.43. The fraction of sp³-hybridized carbons (Fsp3) is 0.591. The van der Waals surface area contributed by atoms with Crippen molar-refractivity contribution in [3.8, 4) is 0 Å². The second-order valence-electron chi connectivity index (χ2n) is 5.84. The average molecular weight is 333 g/mol. The van der Waals surface area contributed by atoms with Crippen molar-refractivity contribution in [1.29, 1.82) is 0 Å². The standard InChI is InChI=1S/C22H36O2/c1-3-5-6-7-8-9-10-11-12-13-14-15-16-17-18-19-20-21-22(23)24-4-2/h8-9,14-19H,3-7,10-13,20-21H2,1-2H3/b9-8+,15-14+,17-16+,19-18+.